The van der Waals surface area contributed by atoms with Crippen molar-refractivity contribution in [2.45, 2.75) is 37.3 Å². The molecule has 0 spiro atoms. The summed E-state index contributed by atoms with van der Waals surface area (Å²) in [4.78, 5) is 28.0. The minimum atomic E-state index is 0.221. The molecule has 39 heavy (non-hydrogen) atoms. The van der Waals surface area contributed by atoms with Gasteiger partial charge in [0.25, 0.3) is 0 Å². The molecule has 200 valence electrons. The molecule has 3 aliphatic heterocycles. The predicted molar refractivity (Wildman–Crippen MR) is 149 cm³/mol. The van der Waals surface area contributed by atoms with Gasteiger partial charge in [0.05, 0.1) is 48.5 Å². The quantitative estimate of drug-likeness (QED) is 0.373. The molecule has 0 saturated carbocycles. The van der Waals surface area contributed by atoms with Crippen molar-refractivity contribution in [2.75, 3.05) is 49.6 Å². The molecule has 10 heteroatoms. The SMILES string of the molecule is OCCN1CCC(c2ccc(Nc3nccc(-c4ccc5nc(N6CC7C[C@H]6CO7)ncc5c4)n3)cn2)CC1. The zero-order valence-corrected chi connectivity index (χ0v) is 21.8. The summed E-state index contributed by atoms with van der Waals surface area (Å²) in [5, 5.41) is 13.4. The number of anilines is 3. The number of hydrogen-bond donors (Lipinski definition) is 2. The molecule has 3 aliphatic rings. The number of likely N-dealkylation sites (tertiary alicyclic amines) is 1. The van der Waals surface area contributed by atoms with Crippen LogP contribution in [0.5, 0.6) is 0 Å². The molecule has 4 aromatic rings. The Morgan fingerprint density at radius 3 is 2.69 bits per heavy atom. The number of nitrogens with one attached hydrogen (secondary N) is 1. The van der Waals surface area contributed by atoms with Gasteiger partial charge < -0.3 is 25.0 Å². The first-order valence-electron chi connectivity index (χ1n) is 13.8. The number of β-amino-alcohol motifs (C(OH)–C–C–N with tert-alkyl or cyclic N) is 1. The smallest absolute Gasteiger partial charge is 0.227 e. The summed E-state index contributed by atoms with van der Waals surface area (Å²) in [5.74, 6) is 1.77. The summed E-state index contributed by atoms with van der Waals surface area (Å²) in [6, 6.07) is 12.6. The van der Waals surface area contributed by atoms with Crippen molar-refractivity contribution in [1.29, 1.82) is 0 Å². The Hall–Kier alpha value is -3.73. The predicted octanol–water partition coefficient (Wildman–Crippen LogP) is 3.37. The minimum Gasteiger partial charge on any atom is -0.395 e. The highest BCUT2D eigenvalue weighted by molar-refractivity contribution is 5.84. The fraction of sp³-hybridized carbons (Fsp3) is 0.414. The third-order valence-electron chi connectivity index (χ3n) is 8.14. The number of piperidine rings is 1. The second kappa shape index (κ2) is 10.4. The van der Waals surface area contributed by atoms with Crippen LogP contribution in [0.1, 0.15) is 30.9 Å². The molecule has 0 radical (unpaired) electrons. The van der Waals surface area contributed by atoms with Crippen molar-refractivity contribution >= 4 is 28.5 Å². The van der Waals surface area contributed by atoms with E-state index in [0.717, 1.165) is 91.5 Å². The van der Waals surface area contributed by atoms with Crippen molar-refractivity contribution in [3.63, 3.8) is 0 Å². The largest absolute Gasteiger partial charge is 0.395 e. The first-order valence-corrected chi connectivity index (χ1v) is 13.8. The van der Waals surface area contributed by atoms with Crippen LogP contribution in [0.4, 0.5) is 17.6 Å². The first kappa shape index (κ1) is 24.3. The van der Waals surface area contributed by atoms with Gasteiger partial charge in [-0.15, -0.1) is 0 Å². The molecule has 1 aromatic carbocycles. The molecular weight excluding hydrogens is 492 g/mol. The summed E-state index contributed by atoms with van der Waals surface area (Å²) < 4.78 is 5.72. The maximum Gasteiger partial charge on any atom is 0.227 e. The Morgan fingerprint density at radius 1 is 1.00 bits per heavy atom. The molecule has 2 N–H and O–H groups in total. The van der Waals surface area contributed by atoms with Gasteiger partial charge in [-0.25, -0.2) is 19.9 Å². The van der Waals surface area contributed by atoms with Gasteiger partial charge in [0.1, 0.15) is 0 Å². The van der Waals surface area contributed by atoms with Crippen LogP contribution in [0.2, 0.25) is 0 Å². The fourth-order valence-corrected chi connectivity index (χ4v) is 5.99. The third kappa shape index (κ3) is 5.03. The minimum absolute atomic E-state index is 0.221. The van der Waals surface area contributed by atoms with Gasteiger partial charge in [0, 0.05) is 48.0 Å². The van der Waals surface area contributed by atoms with Gasteiger partial charge >= 0.3 is 0 Å². The molecule has 0 amide bonds. The van der Waals surface area contributed by atoms with Crippen molar-refractivity contribution in [1.82, 2.24) is 29.8 Å². The molecular formula is C29H32N8O2. The molecule has 2 atom stereocenters. The second-order valence-electron chi connectivity index (χ2n) is 10.6. The molecule has 10 nitrogen and oxygen atoms in total. The van der Waals surface area contributed by atoms with Crippen LogP contribution in [0.3, 0.4) is 0 Å². The van der Waals surface area contributed by atoms with E-state index in [4.69, 9.17) is 24.8 Å². The molecule has 2 bridgehead atoms. The van der Waals surface area contributed by atoms with E-state index in [1.54, 1.807) is 6.20 Å². The summed E-state index contributed by atoms with van der Waals surface area (Å²) in [7, 11) is 0. The Morgan fingerprint density at radius 2 is 1.92 bits per heavy atom. The van der Waals surface area contributed by atoms with E-state index < -0.39 is 0 Å². The van der Waals surface area contributed by atoms with Crippen molar-refractivity contribution in [3.8, 4) is 11.3 Å². The van der Waals surface area contributed by atoms with Gasteiger partial charge in [-0.05, 0) is 62.7 Å². The van der Waals surface area contributed by atoms with Crippen LogP contribution in [-0.2, 0) is 4.74 Å². The summed E-state index contributed by atoms with van der Waals surface area (Å²) in [6.07, 6.45) is 9.03. The second-order valence-corrected chi connectivity index (χ2v) is 10.6. The van der Waals surface area contributed by atoms with Crippen LogP contribution in [0.15, 0.2) is 55.0 Å². The van der Waals surface area contributed by atoms with Crippen LogP contribution >= 0.6 is 0 Å². The standard InChI is InChI=1S/C29H32N8O2/c38-12-11-36-9-6-19(7-10-36)25-4-2-22(16-31-25)33-28-30-8-5-27(34-28)20-1-3-26-21(13-20)15-32-29(35-26)37-17-24-14-23(37)18-39-24/h1-5,8,13,15-16,19,23-24,38H,6-7,9-12,14,17-18H2,(H,30,33,34)/t23-,24?/m0/s1. The number of aromatic nitrogens is 5. The lowest BCUT2D eigenvalue weighted by atomic mass is 9.93. The zero-order valence-electron chi connectivity index (χ0n) is 21.8. The Balaban J connectivity index is 1.03. The van der Waals surface area contributed by atoms with Crippen molar-refractivity contribution < 1.29 is 9.84 Å². The number of rotatable bonds is 7. The highest BCUT2D eigenvalue weighted by atomic mass is 16.5. The average molecular weight is 525 g/mol. The summed E-state index contributed by atoms with van der Waals surface area (Å²) in [5.41, 5.74) is 4.70. The Kier molecular flexibility index (Phi) is 6.51. The van der Waals surface area contributed by atoms with E-state index in [1.165, 1.54) is 0 Å². The van der Waals surface area contributed by atoms with Gasteiger partial charge in [0.2, 0.25) is 11.9 Å². The number of nitrogens with zero attached hydrogens (tertiary/aromatic N) is 7. The van der Waals surface area contributed by atoms with Gasteiger partial charge in [-0.3, -0.25) is 4.98 Å². The average Bonchev–Trinajstić information content (AvgIpc) is 3.62. The number of morpholine rings is 1. The van der Waals surface area contributed by atoms with E-state index in [9.17, 15) is 0 Å². The third-order valence-corrected chi connectivity index (χ3v) is 8.14. The Labute approximate surface area is 227 Å². The molecule has 7 rings (SSSR count). The normalized spacial score (nSPS) is 21.6. The van der Waals surface area contributed by atoms with Gasteiger partial charge in [-0.1, -0.05) is 6.07 Å². The number of aliphatic hydroxyl groups excluding tert-OH is 1. The molecule has 3 aromatic heterocycles. The lowest BCUT2D eigenvalue weighted by Crippen LogP contribution is -2.38. The van der Waals surface area contributed by atoms with Gasteiger partial charge in [0.15, 0.2) is 0 Å². The molecule has 3 fully saturated rings. The fourth-order valence-electron chi connectivity index (χ4n) is 5.99. The van der Waals surface area contributed by atoms with E-state index >= 15 is 0 Å². The van der Waals surface area contributed by atoms with E-state index in [0.29, 0.717) is 24.0 Å². The van der Waals surface area contributed by atoms with Crippen LogP contribution < -0.4 is 10.2 Å². The highest BCUT2D eigenvalue weighted by Gasteiger charge is 2.40. The van der Waals surface area contributed by atoms with Crippen LogP contribution in [0, 0.1) is 0 Å². The van der Waals surface area contributed by atoms with Gasteiger partial charge in [-0.2, -0.15) is 0 Å². The monoisotopic (exact) mass is 524 g/mol. The highest BCUT2D eigenvalue weighted by Crippen LogP contribution is 2.32. The molecule has 6 heterocycles. The van der Waals surface area contributed by atoms with Crippen LogP contribution in [0.25, 0.3) is 22.2 Å². The summed E-state index contributed by atoms with van der Waals surface area (Å²) >= 11 is 0. The lowest BCUT2D eigenvalue weighted by Gasteiger charge is -2.31. The number of pyridine rings is 1. The van der Waals surface area contributed by atoms with Crippen molar-refractivity contribution in [2.24, 2.45) is 0 Å². The number of aliphatic hydroxyl groups is 1. The zero-order chi connectivity index (χ0) is 26.2. The summed E-state index contributed by atoms with van der Waals surface area (Å²) in [6.45, 7) is 4.62. The Bertz CT molecular complexity index is 1460. The topological polar surface area (TPSA) is 112 Å². The lowest BCUT2D eigenvalue weighted by molar-refractivity contribution is 0.0986. The van der Waals surface area contributed by atoms with E-state index in [2.05, 4.69) is 37.2 Å². The van der Waals surface area contributed by atoms with E-state index in [1.807, 2.05) is 36.7 Å². The number of fused-ring (bicyclic) bond motifs is 3. The maximum absolute atomic E-state index is 9.15. The van der Waals surface area contributed by atoms with Crippen LogP contribution in [-0.4, -0.2) is 86.5 Å². The maximum atomic E-state index is 9.15. The molecule has 1 unspecified atom stereocenters. The molecule has 0 aliphatic carbocycles. The number of benzene rings is 1. The number of ether oxygens (including phenoxy) is 1. The van der Waals surface area contributed by atoms with E-state index in [-0.39, 0.29) is 6.61 Å². The van der Waals surface area contributed by atoms with Crippen molar-refractivity contribution in [3.05, 3.63) is 60.7 Å². The molecule has 3 saturated heterocycles. The number of hydrogen-bond acceptors (Lipinski definition) is 10. The first-order chi connectivity index (χ1) is 19.2.